The minimum atomic E-state index is 0.595. The zero-order valence-electron chi connectivity index (χ0n) is 9.16. The maximum atomic E-state index is 5.51. The van der Waals surface area contributed by atoms with Crippen molar-refractivity contribution >= 4 is 15.9 Å². The second-order valence-corrected chi connectivity index (χ2v) is 4.34. The molecule has 0 unspecified atom stereocenters. The summed E-state index contributed by atoms with van der Waals surface area (Å²) >= 11 is 3.47. The average molecular weight is 273 g/mol. The van der Waals surface area contributed by atoms with Crippen molar-refractivity contribution < 1.29 is 4.74 Å². The SMILES string of the molecule is COc1ccc(CCN(C)CN)cc1Br. The molecule has 0 radical (unpaired) electrons. The van der Waals surface area contributed by atoms with Crippen LogP contribution >= 0.6 is 15.9 Å². The molecule has 0 atom stereocenters. The van der Waals surface area contributed by atoms with E-state index < -0.39 is 0 Å². The Morgan fingerprint density at radius 1 is 1.47 bits per heavy atom. The first-order valence-corrected chi connectivity index (χ1v) is 5.67. The average Bonchev–Trinajstić information content (AvgIpc) is 2.26. The number of likely N-dealkylation sites (N-methyl/N-ethyl adjacent to an activating group) is 1. The number of nitrogens with two attached hydrogens (primary N) is 1. The summed E-state index contributed by atoms with van der Waals surface area (Å²) in [6.07, 6.45) is 0.996. The van der Waals surface area contributed by atoms with Crippen LogP contribution in [0.1, 0.15) is 5.56 Å². The van der Waals surface area contributed by atoms with Gasteiger partial charge in [-0.05, 0) is 47.1 Å². The van der Waals surface area contributed by atoms with Crippen LogP contribution in [-0.2, 0) is 6.42 Å². The molecule has 0 bridgehead atoms. The lowest BCUT2D eigenvalue weighted by Gasteiger charge is -2.13. The number of ether oxygens (including phenoxy) is 1. The zero-order valence-corrected chi connectivity index (χ0v) is 10.8. The van der Waals surface area contributed by atoms with E-state index >= 15 is 0 Å². The fourth-order valence-corrected chi connectivity index (χ4v) is 1.86. The van der Waals surface area contributed by atoms with E-state index in [1.807, 2.05) is 13.1 Å². The van der Waals surface area contributed by atoms with Gasteiger partial charge in [0.2, 0.25) is 0 Å². The third-order valence-electron chi connectivity index (χ3n) is 2.31. The third kappa shape index (κ3) is 3.81. The van der Waals surface area contributed by atoms with Gasteiger partial charge in [-0.1, -0.05) is 6.07 Å². The Labute approximate surface area is 99.3 Å². The number of hydrogen-bond acceptors (Lipinski definition) is 3. The predicted molar refractivity (Wildman–Crippen MR) is 66.1 cm³/mol. The van der Waals surface area contributed by atoms with Crippen molar-refractivity contribution in [3.05, 3.63) is 28.2 Å². The normalized spacial score (nSPS) is 10.7. The van der Waals surface area contributed by atoms with Crippen LogP contribution in [-0.4, -0.2) is 32.3 Å². The van der Waals surface area contributed by atoms with Gasteiger partial charge < -0.3 is 10.5 Å². The van der Waals surface area contributed by atoms with E-state index in [9.17, 15) is 0 Å². The van der Waals surface area contributed by atoms with Gasteiger partial charge >= 0.3 is 0 Å². The van der Waals surface area contributed by atoms with Crippen LogP contribution in [0, 0.1) is 0 Å². The highest BCUT2D eigenvalue weighted by Crippen LogP contribution is 2.25. The molecule has 2 N–H and O–H groups in total. The first kappa shape index (κ1) is 12.5. The molecule has 0 amide bonds. The summed E-state index contributed by atoms with van der Waals surface area (Å²) in [4.78, 5) is 2.08. The van der Waals surface area contributed by atoms with Crippen LogP contribution in [0.2, 0.25) is 0 Å². The summed E-state index contributed by atoms with van der Waals surface area (Å²) < 4.78 is 6.17. The third-order valence-corrected chi connectivity index (χ3v) is 2.93. The number of halogens is 1. The molecule has 15 heavy (non-hydrogen) atoms. The molecular weight excluding hydrogens is 256 g/mol. The molecule has 84 valence electrons. The summed E-state index contributed by atoms with van der Waals surface area (Å²) in [5.74, 6) is 0.867. The first-order valence-electron chi connectivity index (χ1n) is 4.88. The minimum absolute atomic E-state index is 0.595. The Hall–Kier alpha value is -0.580. The van der Waals surface area contributed by atoms with E-state index in [4.69, 9.17) is 10.5 Å². The maximum Gasteiger partial charge on any atom is 0.133 e. The summed E-state index contributed by atoms with van der Waals surface area (Å²) in [7, 11) is 3.68. The van der Waals surface area contributed by atoms with Gasteiger partial charge in [0.15, 0.2) is 0 Å². The molecule has 4 heteroatoms. The Balaban J connectivity index is 2.59. The topological polar surface area (TPSA) is 38.5 Å². The Bertz CT molecular complexity index is 317. The smallest absolute Gasteiger partial charge is 0.133 e. The maximum absolute atomic E-state index is 5.51. The molecule has 0 aromatic heterocycles. The van der Waals surface area contributed by atoms with E-state index in [0.717, 1.165) is 23.2 Å². The first-order chi connectivity index (χ1) is 7.17. The molecule has 3 nitrogen and oxygen atoms in total. The monoisotopic (exact) mass is 272 g/mol. The van der Waals surface area contributed by atoms with Crippen LogP contribution < -0.4 is 10.5 Å². The van der Waals surface area contributed by atoms with Crippen LogP contribution in [0.15, 0.2) is 22.7 Å². The molecule has 1 aromatic rings. The van der Waals surface area contributed by atoms with E-state index in [2.05, 4.69) is 33.0 Å². The molecule has 0 heterocycles. The van der Waals surface area contributed by atoms with E-state index in [0.29, 0.717) is 6.67 Å². The Kier molecular flexibility index (Phi) is 5.08. The summed E-state index contributed by atoms with van der Waals surface area (Å²) in [5, 5.41) is 0. The van der Waals surface area contributed by atoms with Crippen molar-refractivity contribution in [2.75, 3.05) is 27.4 Å². The van der Waals surface area contributed by atoms with Gasteiger partial charge in [0.25, 0.3) is 0 Å². The van der Waals surface area contributed by atoms with Crippen molar-refractivity contribution in [1.29, 1.82) is 0 Å². The quantitative estimate of drug-likeness (QED) is 0.832. The Morgan fingerprint density at radius 3 is 2.73 bits per heavy atom. The van der Waals surface area contributed by atoms with Crippen molar-refractivity contribution in [1.82, 2.24) is 4.90 Å². The van der Waals surface area contributed by atoms with Gasteiger partial charge in [0, 0.05) is 13.2 Å². The largest absolute Gasteiger partial charge is 0.496 e. The lowest BCUT2D eigenvalue weighted by Crippen LogP contribution is -2.27. The minimum Gasteiger partial charge on any atom is -0.496 e. The van der Waals surface area contributed by atoms with Gasteiger partial charge in [-0.15, -0.1) is 0 Å². The molecule has 1 aromatic carbocycles. The van der Waals surface area contributed by atoms with Crippen LogP contribution in [0.4, 0.5) is 0 Å². The Morgan fingerprint density at radius 2 is 2.20 bits per heavy atom. The lowest BCUT2D eigenvalue weighted by molar-refractivity contribution is 0.349. The molecule has 0 aliphatic carbocycles. The van der Waals surface area contributed by atoms with Crippen LogP contribution in [0.3, 0.4) is 0 Å². The van der Waals surface area contributed by atoms with E-state index in [-0.39, 0.29) is 0 Å². The van der Waals surface area contributed by atoms with Crippen molar-refractivity contribution in [2.45, 2.75) is 6.42 Å². The van der Waals surface area contributed by atoms with Gasteiger partial charge in [0.05, 0.1) is 11.6 Å². The summed E-state index contributed by atoms with van der Waals surface area (Å²) in [6, 6.07) is 6.14. The molecule has 0 saturated carbocycles. The second-order valence-electron chi connectivity index (χ2n) is 3.48. The van der Waals surface area contributed by atoms with Crippen molar-refractivity contribution in [3.63, 3.8) is 0 Å². The molecule has 0 fully saturated rings. The molecule has 0 saturated heterocycles. The molecule has 0 aliphatic heterocycles. The lowest BCUT2D eigenvalue weighted by atomic mass is 10.1. The number of benzene rings is 1. The van der Waals surface area contributed by atoms with Crippen LogP contribution in [0.25, 0.3) is 0 Å². The van der Waals surface area contributed by atoms with Gasteiger partial charge in [0.1, 0.15) is 5.75 Å². The van der Waals surface area contributed by atoms with E-state index in [1.54, 1.807) is 7.11 Å². The van der Waals surface area contributed by atoms with Crippen molar-refractivity contribution in [3.8, 4) is 5.75 Å². The second kappa shape index (κ2) is 6.10. The molecule has 0 spiro atoms. The highest BCUT2D eigenvalue weighted by atomic mass is 79.9. The predicted octanol–water partition coefficient (Wildman–Crippen LogP) is 1.85. The number of methoxy groups -OCH3 is 1. The van der Waals surface area contributed by atoms with Crippen LogP contribution in [0.5, 0.6) is 5.75 Å². The summed E-state index contributed by atoms with van der Waals surface area (Å²) in [5.41, 5.74) is 6.79. The zero-order chi connectivity index (χ0) is 11.3. The number of hydrogen-bond donors (Lipinski definition) is 1. The van der Waals surface area contributed by atoms with E-state index in [1.165, 1.54) is 5.56 Å². The van der Waals surface area contributed by atoms with Gasteiger partial charge in [-0.2, -0.15) is 0 Å². The molecule has 0 aliphatic rings. The fourth-order valence-electron chi connectivity index (χ4n) is 1.28. The fraction of sp³-hybridized carbons (Fsp3) is 0.455. The standard InChI is InChI=1S/C11H17BrN2O/c1-14(8-13)6-5-9-3-4-11(15-2)10(12)7-9/h3-4,7H,5-6,8,13H2,1-2H3. The molecular formula is C11H17BrN2O. The highest BCUT2D eigenvalue weighted by molar-refractivity contribution is 9.10. The summed E-state index contributed by atoms with van der Waals surface area (Å²) in [6.45, 7) is 1.56. The molecule has 1 rings (SSSR count). The number of rotatable bonds is 5. The number of nitrogens with zero attached hydrogens (tertiary/aromatic N) is 1. The van der Waals surface area contributed by atoms with Gasteiger partial charge in [-0.25, -0.2) is 0 Å². The van der Waals surface area contributed by atoms with Crippen molar-refractivity contribution in [2.24, 2.45) is 5.73 Å². The highest BCUT2D eigenvalue weighted by Gasteiger charge is 2.02. The van der Waals surface area contributed by atoms with Gasteiger partial charge in [-0.3, -0.25) is 4.90 Å².